The number of rotatable bonds is 6. The molecule has 0 fully saturated rings. The first kappa shape index (κ1) is 24.9. The smallest absolute Gasteiger partial charge is 0.304 e. The largest absolute Gasteiger partial charge is 0.481 e. The van der Waals surface area contributed by atoms with E-state index in [1.165, 1.54) is 11.3 Å². The highest BCUT2D eigenvalue weighted by Crippen LogP contribution is 2.38. The van der Waals surface area contributed by atoms with E-state index in [1.54, 1.807) is 11.0 Å². The predicted octanol–water partition coefficient (Wildman–Crippen LogP) is 7.30. The van der Waals surface area contributed by atoms with Crippen LogP contribution in [0.4, 0.5) is 5.13 Å². The Morgan fingerprint density at radius 2 is 1.68 bits per heavy atom. The van der Waals surface area contributed by atoms with Gasteiger partial charge in [0.1, 0.15) is 0 Å². The summed E-state index contributed by atoms with van der Waals surface area (Å²) < 4.78 is 0. The zero-order valence-electron chi connectivity index (χ0n) is 20.0. The average Bonchev–Trinajstić information content (AvgIpc) is 3.39. The Labute approximate surface area is 224 Å². The van der Waals surface area contributed by atoms with E-state index < -0.39 is 11.9 Å². The van der Waals surface area contributed by atoms with Gasteiger partial charge in [0.2, 0.25) is 5.91 Å². The molecule has 0 saturated heterocycles. The Kier molecular flexibility index (Phi) is 7.49. The molecule has 0 spiro atoms. The van der Waals surface area contributed by atoms with Crippen molar-refractivity contribution < 1.29 is 14.7 Å². The quantitative estimate of drug-likeness (QED) is 0.266. The average molecular weight is 529 g/mol. The molecule has 1 aliphatic heterocycles. The van der Waals surface area contributed by atoms with Gasteiger partial charge in [0, 0.05) is 22.5 Å². The number of allylic oxidation sites excluding steroid dienone is 1. The molecule has 4 aromatic rings. The molecular formula is C30H25ClN2O3S. The number of carbonyl (C=O) groups excluding carboxylic acids is 1. The Balaban J connectivity index is 1.46. The van der Waals surface area contributed by atoms with Gasteiger partial charge in [-0.3, -0.25) is 14.5 Å². The number of aliphatic carboxylic acids is 1. The summed E-state index contributed by atoms with van der Waals surface area (Å²) in [5.41, 5.74) is 4.60. The molecule has 5 rings (SSSR count). The van der Waals surface area contributed by atoms with Crippen LogP contribution in [-0.4, -0.2) is 28.5 Å². The van der Waals surface area contributed by atoms with Gasteiger partial charge in [-0.1, -0.05) is 96.5 Å². The molecule has 1 unspecified atom stereocenters. The third kappa shape index (κ3) is 5.50. The van der Waals surface area contributed by atoms with E-state index in [0.717, 1.165) is 22.3 Å². The van der Waals surface area contributed by atoms with Crippen LogP contribution in [-0.2, 0) is 9.59 Å². The molecule has 1 aromatic heterocycles. The summed E-state index contributed by atoms with van der Waals surface area (Å²) in [6.45, 7) is 0.337. The fraction of sp³-hybridized carbons (Fsp3) is 0.167. The van der Waals surface area contributed by atoms with Gasteiger partial charge >= 0.3 is 5.97 Å². The molecule has 1 amide bonds. The maximum atomic E-state index is 13.9. The van der Waals surface area contributed by atoms with Gasteiger partial charge < -0.3 is 5.11 Å². The van der Waals surface area contributed by atoms with E-state index in [0.29, 0.717) is 28.8 Å². The van der Waals surface area contributed by atoms with Crippen LogP contribution in [0, 0.1) is 5.92 Å². The molecule has 186 valence electrons. The molecule has 5 nitrogen and oxygen atoms in total. The summed E-state index contributed by atoms with van der Waals surface area (Å²) in [5.74, 6) is -2.22. The Bertz CT molecular complexity index is 1430. The molecule has 0 radical (unpaired) electrons. The first-order chi connectivity index (χ1) is 18.0. The van der Waals surface area contributed by atoms with Crippen LogP contribution in [0.15, 0.2) is 96.4 Å². The minimum absolute atomic E-state index is 0.232. The van der Waals surface area contributed by atoms with E-state index in [-0.39, 0.29) is 18.2 Å². The molecular weight excluding hydrogens is 504 g/mol. The molecule has 0 aliphatic carbocycles. The van der Waals surface area contributed by atoms with Gasteiger partial charge in [-0.2, -0.15) is 0 Å². The van der Waals surface area contributed by atoms with E-state index in [4.69, 9.17) is 16.6 Å². The Morgan fingerprint density at radius 1 is 0.973 bits per heavy atom. The second-order valence-electron chi connectivity index (χ2n) is 8.95. The number of carboxylic acids is 1. The van der Waals surface area contributed by atoms with Crippen molar-refractivity contribution in [2.24, 2.45) is 5.92 Å². The fourth-order valence-electron chi connectivity index (χ4n) is 4.74. The number of halogens is 1. The Hall–Kier alpha value is -3.74. The number of benzene rings is 3. The summed E-state index contributed by atoms with van der Waals surface area (Å²) in [4.78, 5) is 32.1. The van der Waals surface area contributed by atoms with Crippen LogP contribution in [0.2, 0.25) is 5.02 Å². The molecule has 1 N–H and O–H groups in total. The van der Waals surface area contributed by atoms with Crippen molar-refractivity contribution in [1.82, 2.24) is 4.98 Å². The minimum atomic E-state index is -0.996. The predicted molar refractivity (Wildman–Crippen MR) is 149 cm³/mol. The molecule has 0 saturated carbocycles. The third-order valence-corrected chi connectivity index (χ3v) is 7.82. The number of carboxylic acid groups (broad SMARTS) is 1. The molecule has 0 bridgehead atoms. The molecule has 1 aliphatic rings. The van der Waals surface area contributed by atoms with Crippen molar-refractivity contribution in [1.29, 1.82) is 0 Å². The van der Waals surface area contributed by atoms with E-state index in [9.17, 15) is 14.7 Å². The lowest BCUT2D eigenvalue weighted by Gasteiger charge is -2.31. The van der Waals surface area contributed by atoms with Crippen molar-refractivity contribution >= 4 is 39.9 Å². The van der Waals surface area contributed by atoms with Gasteiger partial charge in [0.05, 0.1) is 18.0 Å². The number of hydrogen-bond acceptors (Lipinski definition) is 4. The van der Waals surface area contributed by atoms with Gasteiger partial charge in [-0.15, -0.1) is 11.3 Å². The lowest BCUT2D eigenvalue weighted by atomic mass is 9.79. The number of amides is 1. The van der Waals surface area contributed by atoms with E-state index >= 15 is 0 Å². The van der Waals surface area contributed by atoms with E-state index in [1.807, 2.05) is 90.3 Å². The maximum absolute atomic E-state index is 13.9. The standard InChI is InChI=1S/C30H25ClN2O3S/c31-26-12-5-4-11-24(26)27-19-37-30(32-27)33-17-7-6-10-23(25(29(33)36)18-28(34)35)22-15-13-21(14-16-22)20-8-2-1-3-9-20/h1-9,11-16,19,23,25H,10,17-18H2,(H,34,35)/b7-6-/t23?,25-/m0/s1. The van der Waals surface area contributed by atoms with Crippen molar-refractivity contribution in [3.63, 3.8) is 0 Å². The fourth-order valence-corrected chi connectivity index (χ4v) is 5.81. The zero-order valence-corrected chi connectivity index (χ0v) is 21.5. The van der Waals surface area contributed by atoms with Crippen molar-refractivity contribution in [3.05, 3.63) is 107 Å². The monoisotopic (exact) mass is 528 g/mol. The van der Waals surface area contributed by atoms with Gasteiger partial charge in [-0.25, -0.2) is 4.98 Å². The van der Waals surface area contributed by atoms with Crippen molar-refractivity contribution in [2.75, 3.05) is 11.4 Å². The van der Waals surface area contributed by atoms with Crippen LogP contribution in [0.3, 0.4) is 0 Å². The van der Waals surface area contributed by atoms with Crippen molar-refractivity contribution in [2.45, 2.75) is 18.8 Å². The van der Waals surface area contributed by atoms with Crippen LogP contribution < -0.4 is 4.90 Å². The van der Waals surface area contributed by atoms with Crippen LogP contribution in [0.5, 0.6) is 0 Å². The van der Waals surface area contributed by atoms with Crippen molar-refractivity contribution in [3.8, 4) is 22.4 Å². The topological polar surface area (TPSA) is 70.5 Å². The zero-order chi connectivity index (χ0) is 25.8. The maximum Gasteiger partial charge on any atom is 0.304 e. The first-order valence-electron chi connectivity index (χ1n) is 12.0. The summed E-state index contributed by atoms with van der Waals surface area (Å²) in [7, 11) is 0. The lowest BCUT2D eigenvalue weighted by molar-refractivity contribution is -0.141. The van der Waals surface area contributed by atoms with Gasteiger partial charge in [0.15, 0.2) is 5.13 Å². The molecule has 37 heavy (non-hydrogen) atoms. The van der Waals surface area contributed by atoms with Gasteiger partial charge in [-0.05, 0) is 35.1 Å². The number of aromatic nitrogens is 1. The molecule has 2 atom stereocenters. The second kappa shape index (κ2) is 11.1. The highest BCUT2D eigenvalue weighted by Gasteiger charge is 2.36. The number of nitrogens with zero attached hydrogens (tertiary/aromatic N) is 2. The third-order valence-electron chi connectivity index (χ3n) is 6.63. The second-order valence-corrected chi connectivity index (χ2v) is 10.2. The van der Waals surface area contributed by atoms with Crippen LogP contribution in [0.25, 0.3) is 22.4 Å². The normalized spacial score (nSPS) is 18.7. The van der Waals surface area contributed by atoms with Crippen LogP contribution >= 0.6 is 22.9 Å². The Morgan fingerprint density at radius 3 is 2.41 bits per heavy atom. The van der Waals surface area contributed by atoms with Gasteiger partial charge in [0.25, 0.3) is 0 Å². The summed E-state index contributed by atoms with van der Waals surface area (Å²) >= 11 is 7.71. The first-order valence-corrected chi connectivity index (χ1v) is 13.3. The number of anilines is 1. The minimum Gasteiger partial charge on any atom is -0.481 e. The number of hydrogen-bond donors (Lipinski definition) is 1. The van der Waals surface area contributed by atoms with E-state index in [2.05, 4.69) is 0 Å². The lowest BCUT2D eigenvalue weighted by Crippen LogP contribution is -2.40. The highest BCUT2D eigenvalue weighted by atomic mass is 35.5. The number of thiazole rings is 1. The SMILES string of the molecule is O=C(O)C[C@@H]1C(=O)N(c2nc(-c3ccccc3Cl)cs2)C/C=C\CC1c1ccc(-c2ccccc2)cc1. The molecule has 7 heteroatoms. The summed E-state index contributed by atoms with van der Waals surface area (Å²) in [6, 6.07) is 25.6. The molecule has 2 heterocycles. The number of carbonyl (C=O) groups is 2. The summed E-state index contributed by atoms with van der Waals surface area (Å²) in [5, 5.41) is 12.7. The molecule has 3 aromatic carbocycles. The highest BCUT2D eigenvalue weighted by molar-refractivity contribution is 7.14. The summed E-state index contributed by atoms with van der Waals surface area (Å²) in [6.07, 6.45) is 4.32. The van der Waals surface area contributed by atoms with Crippen LogP contribution in [0.1, 0.15) is 24.3 Å².